The predicted octanol–water partition coefficient (Wildman–Crippen LogP) is 0.181. The second kappa shape index (κ2) is 7.01. The quantitative estimate of drug-likeness (QED) is 0.709. The Kier molecular flexibility index (Phi) is 4.72. The highest BCUT2D eigenvalue weighted by Gasteiger charge is 2.34. The Bertz CT molecular complexity index is 797. The Morgan fingerprint density at radius 1 is 1.35 bits per heavy atom. The van der Waals surface area contributed by atoms with E-state index in [0.717, 1.165) is 24.6 Å². The number of hydrogen-bond acceptors (Lipinski definition) is 8. The molecule has 0 unspecified atom stereocenters. The Balaban J connectivity index is 1.68. The minimum Gasteiger partial charge on any atom is -0.611 e. The largest absolute Gasteiger partial charge is 0.611 e. The number of aryl methyl sites for hydroxylation is 1. The first-order valence-electron chi connectivity index (χ1n) is 8.85. The molecule has 0 bridgehead atoms. The summed E-state index contributed by atoms with van der Waals surface area (Å²) >= 11 is -1.10. The van der Waals surface area contributed by atoms with Crippen molar-refractivity contribution in [2.45, 2.75) is 44.3 Å². The van der Waals surface area contributed by atoms with E-state index in [-0.39, 0.29) is 18.6 Å². The average Bonchev–Trinajstić information content (AvgIpc) is 3.25. The first-order chi connectivity index (χ1) is 12.6. The number of nitrogens with one attached hydrogen (secondary N) is 1. The van der Waals surface area contributed by atoms with Crippen molar-refractivity contribution < 1.29 is 9.66 Å². The summed E-state index contributed by atoms with van der Waals surface area (Å²) in [5.74, 6) is 2.87. The molecule has 10 heteroatoms. The van der Waals surface area contributed by atoms with Crippen molar-refractivity contribution in [3.8, 4) is 0 Å². The van der Waals surface area contributed by atoms with Crippen molar-refractivity contribution in [1.29, 1.82) is 0 Å². The molecule has 0 amide bonds. The number of aromatic nitrogens is 5. The van der Waals surface area contributed by atoms with Crippen molar-refractivity contribution in [2.75, 3.05) is 29.1 Å². The highest BCUT2D eigenvalue weighted by molar-refractivity contribution is 7.91. The van der Waals surface area contributed by atoms with E-state index in [2.05, 4.69) is 30.4 Å². The molecule has 2 aromatic rings. The van der Waals surface area contributed by atoms with Gasteiger partial charge in [-0.3, -0.25) is 0 Å². The normalized spacial score (nSPS) is 20.2. The summed E-state index contributed by atoms with van der Waals surface area (Å²) in [5, 5.41) is 21.1. The number of aliphatic hydroxyl groups is 1. The fourth-order valence-electron chi connectivity index (χ4n) is 3.26. The topological polar surface area (TPSA) is 115 Å². The molecule has 0 saturated carbocycles. The number of fused-ring (bicyclic) bond motifs is 2. The van der Waals surface area contributed by atoms with Crippen LogP contribution in [0.15, 0.2) is 11.2 Å². The zero-order chi connectivity index (χ0) is 18.3. The number of rotatable bonds is 5. The fraction of sp³-hybridized carbons (Fsp3) is 0.625. The van der Waals surface area contributed by atoms with Gasteiger partial charge in [-0.1, -0.05) is 13.8 Å². The molecule has 9 nitrogen and oxygen atoms in total. The molecule has 4 heterocycles. The smallest absolute Gasteiger partial charge is 0.228 e. The van der Waals surface area contributed by atoms with Gasteiger partial charge in [-0.2, -0.15) is 4.98 Å². The Labute approximate surface area is 155 Å². The second-order valence-corrected chi connectivity index (χ2v) is 8.49. The maximum absolute atomic E-state index is 12.4. The molecule has 2 aliphatic rings. The first-order valence-corrected chi connectivity index (χ1v) is 10.2. The Morgan fingerprint density at radius 2 is 2.19 bits per heavy atom. The van der Waals surface area contributed by atoms with Gasteiger partial charge in [0.15, 0.2) is 11.6 Å². The maximum atomic E-state index is 12.4. The van der Waals surface area contributed by atoms with E-state index in [4.69, 9.17) is 0 Å². The minimum atomic E-state index is -1.10. The summed E-state index contributed by atoms with van der Waals surface area (Å²) in [6.45, 7) is 6.19. The van der Waals surface area contributed by atoms with Crippen LogP contribution in [0.4, 0.5) is 11.8 Å². The van der Waals surface area contributed by atoms with Crippen LogP contribution in [0.2, 0.25) is 0 Å². The zero-order valence-electron chi connectivity index (χ0n) is 14.9. The van der Waals surface area contributed by atoms with Crippen LogP contribution in [0.5, 0.6) is 0 Å². The van der Waals surface area contributed by atoms with Gasteiger partial charge in [-0.25, -0.2) is 4.98 Å². The van der Waals surface area contributed by atoms with Crippen molar-refractivity contribution in [3.05, 3.63) is 17.8 Å². The molecule has 0 fully saturated rings. The molecule has 26 heavy (non-hydrogen) atoms. The molecular formula is C16H23N7O2S. The molecule has 4 rings (SSSR count). The van der Waals surface area contributed by atoms with Gasteiger partial charge in [0, 0.05) is 19.5 Å². The maximum Gasteiger partial charge on any atom is 0.228 e. The fourth-order valence-corrected chi connectivity index (χ4v) is 4.57. The molecule has 2 aromatic heterocycles. The molecule has 140 valence electrons. The molecule has 0 aromatic carbocycles. The first kappa shape index (κ1) is 17.5. The van der Waals surface area contributed by atoms with Crippen LogP contribution >= 0.6 is 0 Å². The van der Waals surface area contributed by atoms with E-state index in [1.165, 1.54) is 0 Å². The standard InChI is InChI=1S/C16H23N7O2S/c1-10(2)12(8-24)18-15-14-11(3-6-26(14)25)19-16(20-15)22-4-5-23-9-17-21-13(23)7-22/h9-10,12,24H,3-8H2,1-2H3,(H,18,19,20)/t12-,26-/m0/s1. The SMILES string of the molecule is CC(C)[C@H](CO)Nc1nc(N2CCn3cnnc3C2)nc2c1[S@@+]([O-])CC2. The van der Waals surface area contributed by atoms with Crippen LogP contribution in [-0.2, 0) is 30.7 Å². The van der Waals surface area contributed by atoms with Gasteiger partial charge in [0.1, 0.15) is 17.8 Å². The molecule has 2 aliphatic heterocycles. The lowest BCUT2D eigenvalue weighted by Crippen LogP contribution is -2.36. The molecular weight excluding hydrogens is 354 g/mol. The molecule has 2 N–H and O–H groups in total. The van der Waals surface area contributed by atoms with Crippen molar-refractivity contribution >= 4 is 22.9 Å². The monoisotopic (exact) mass is 377 g/mol. The number of aliphatic hydroxyl groups excluding tert-OH is 1. The highest BCUT2D eigenvalue weighted by Crippen LogP contribution is 2.33. The molecule has 2 atom stereocenters. The zero-order valence-corrected chi connectivity index (χ0v) is 15.7. The summed E-state index contributed by atoms with van der Waals surface area (Å²) in [4.78, 5) is 12.1. The summed E-state index contributed by atoms with van der Waals surface area (Å²) in [6.07, 6.45) is 2.42. The third-order valence-corrected chi connectivity index (χ3v) is 6.38. The predicted molar refractivity (Wildman–Crippen MR) is 97.4 cm³/mol. The van der Waals surface area contributed by atoms with E-state index >= 15 is 0 Å². The van der Waals surface area contributed by atoms with Crippen molar-refractivity contribution in [2.24, 2.45) is 5.92 Å². The lowest BCUT2D eigenvalue weighted by molar-refractivity contribution is 0.248. The van der Waals surface area contributed by atoms with E-state index in [9.17, 15) is 9.66 Å². The van der Waals surface area contributed by atoms with Gasteiger partial charge in [0.2, 0.25) is 10.8 Å². The summed E-state index contributed by atoms with van der Waals surface area (Å²) in [5.41, 5.74) is 0.836. The second-order valence-electron chi connectivity index (χ2n) is 6.99. The molecule has 0 spiro atoms. The van der Waals surface area contributed by atoms with E-state index < -0.39 is 11.2 Å². The van der Waals surface area contributed by atoms with Crippen LogP contribution in [0.25, 0.3) is 0 Å². The molecule has 0 aliphatic carbocycles. The van der Waals surface area contributed by atoms with Crippen LogP contribution in [-0.4, -0.2) is 59.3 Å². The van der Waals surface area contributed by atoms with Gasteiger partial charge >= 0.3 is 0 Å². The van der Waals surface area contributed by atoms with Gasteiger partial charge in [0.25, 0.3) is 0 Å². The van der Waals surface area contributed by atoms with E-state index in [1.54, 1.807) is 6.33 Å². The van der Waals surface area contributed by atoms with E-state index in [1.807, 2.05) is 18.4 Å². The Hall–Kier alpha value is -1.91. The third-order valence-electron chi connectivity index (χ3n) is 4.92. The third kappa shape index (κ3) is 3.12. The van der Waals surface area contributed by atoms with Gasteiger partial charge < -0.3 is 24.4 Å². The Morgan fingerprint density at radius 3 is 2.96 bits per heavy atom. The average molecular weight is 377 g/mol. The lowest BCUT2D eigenvalue weighted by atomic mass is 10.1. The van der Waals surface area contributed by atoms with Gasteiger partial charge in [-0.15, -0.1) is 10.2 Å². The molecule has 0 radical (unpaired) electrons. The summed E-state index contributed by atoms with van der Waals surface area (Å²) < 4.78 is 14.5. The summed E-state index contributed by atoms with van der Waals surface area (Å²) in [6, 6.07) is -0.149. The van der Waals surface area contributed by atoms with Gasteiger partial charge in [0.05, 0.1) is 19.2 Å². The highest BCUT2D eigenvalue weighted by atomic mass is 32.2. The number of anilines is 2. The number of nitrogens with zero attached hydrogens (tertiary/aromatic N) is 6. The number of hydrogen-bond donors (Lipinski definition) is 2. The van der Waals surface area contributed by atoms with Crippen LogP contribution in [0.1, 0.15) is 25.4 Å². The summed E-state index contributed by atoms with van der Waals surface area (Å²) in [7, 11) is 0. The van der Waals surface area contributed by atoms with Crippen molar-refractivity contribution in [3.63, 3.8) is 0 Å². The minimum absolute atomic E-state index is 0.00870. The van der Waals surface area contributed by atoms with Crippen LogP contribution in [0, 0.1) is 5.92 Å². The van der Waals surface area contributed by atoms with E-state index in [0.29, 0.717) is 35.4 Å². The lowest BCUT2D eigenvalue weighted by Gasteiger charge is -2.28. The molecule has 0 saturated heterocycles. The van der Waals surface area contributed by atoms with Crippen molar-refractivity contribution in [1.82, 2.24) is 24.7 Å². The van der Waals surface area contributed by atoms with Gasteiger partial charge in [-0.05, 0) is 17.1 Å². The van der Waals surface area contributed by atoms with Crippen LogP contribution < -0.4 is 10.2 Å². The van der Waals surface area contributed by atoms with Crippen LogP contribution in [0.3, 0.4) is 0 Å².